The number of benzene rings is 1. The van der Waals surface area contributed by atoms with Crippen LogP contribution in [0.25, 0.3) is 0 Å². The van der Waals surface area contributed by atoms with Crippen LogP contribution >= 0.6 is 15.9 Å². The van der Waals surface area contributed by atoms with Crippen molar-refractivity contribution >= 4 is 33.7 Å². The van der Waals surface area contributed by atoms with Crippen LogP contribution in [0.15, 0.2) is 28.7 Å². The SMILES string of the molecule is CC(C)NC(=O)CCNC(=O)CCNC(=O)c1ccc(Br)cc1. The van der Waals surface area contributed by atoms with E-state index in [9.17, 15) is 14.4 Å². The van der Waals surface area contributed by atoms with Crippen molar-refractivity contribution in [1.82, 2.24) is 16.0 Å². The van der Waals surface area contributed by atoms with Crippen molar-refractivity contribution in [3.05, 3.63) is 34.3 Å². The van der Waals surface area contributed by atoms with E-state index in [2.05, 4.69) is 31.9 Å². The molecule has 0 unspecified atom stereocenters. The van der Waals surface area contributed by atoms with Gasteiger partial charge in [0.15, 0.2) is 0 Å². The zero-order valence-electron chi connectivity index (χ0n) is 13.3. The molecule has 7 heteroatoms. The fraction of sp³-hybridized carbons (Fsp3) is 0.438. The highest BCUT2D eigenvalue weighted by atomic mass is 79.9. The van der Waals surface area contributed by atoms with Crippen LogP contribution in [0.1, 0.15) is 37.0 Å². The summed E-state index contributed by atoms with van der Waals surface area (Å²) in [4.78, 5) is 34.8. The van der Waals surface area contributed by atoms with Gasteiger partial charge < -0.3 is 16.0 Å². The van der Waals surface area contributed by atoms with Crippen LogP contribution in [0.2, 0.25) is 0 Å². The van der Waals surface area contributed by atoms with Crippen molar-refractivity contribution in [2.24, 2.45) is 0 Å². The van der Waals surface area contributed by atoms with Gasteiger partial charge in [-0.1, -0.05) is 15.9 Å². The lowest BCUT2D eigenvalue weighted by Gasteiger charge is -2.09. The Morgan fingerprint density at radius 1 is 0.957 bits per heavy atom. The Labute approximate surface area is 144 Å². The summed E-state index contributed by atoms with van der Waals surface area (Å²) in [5, 5.41) is 8.08. The first-order valence-electron chi connectivity index (χ1n) is 7.48. The second-order valence-corrected chi connectivity index (χ2v) is 6.25. The van der Waals surface area contributed by atoms with Gasteiger partial charge in [-0.3, -0.25) is 14.4 Å². The van der Waals surface area contributed by atoms with Gasteiger partial charge in [-0.15, -0.1) is 0 Å². The van der Waals surface area contributed by atoms with Gasteiger partial charge in [0.2, 0.25) is 11.8 Å². The Morgan fingerprint density at radius 3 is 2.13 bits per heavy atom. The van der Waals surface area contributed by atoms with Crippen molar-refractivity contribution in [3.63, 3.8) is 0 Å². The van der Waals surface area contributed by atoms with Gasteiger partial charge in [0.25, 0.3) is 5.91 Å². The first kappa shape index (κ1) is 19.2. The summed E-state index contributed by atoms with van der Waals surface area (Å²) in [7, 11) is 0. The molecule has 0 aliphatic carbocycles. The maximum absolute atomic E-state index is 11.8. The molecule has 0 saturated carbocycles. The number of hydrogen-bond acceptors (Lipinski definition) is 3. The first-order chi connectivity index (χ1) is 10.9. The average molecular weight is 384 g/mol. The number of carbonyl (C=O) groups excluding carboxylic acids is 3. The van der Waals surface area contributed by atoms with E-state index in [1.54, 1.807) is 24.3 Å². The largest absolute Gasteiger partial charge is 0.356 e. The van der Waals surface area contributed by atoms with E-state index < -0.39 is 0 Å². The fourth-order valence-corrected chi connectivity index (χ4v) is 2.06. The van der Waals surface area contributed by atoms with E-state index in [0.717, 1.165) is 4.47 Å². The Hall–Kier alpha value is -1.89. The maximum atomic E-state index is 11.8. The lowest BCUT2D eigenvalue weighted by atomic mass is 10.2. The molecule has 0 bridgehead atoms. The average Bonchev–Trinajstić information content (AvgIpc) is 2.47. The van der Waals surface area contributed by atoms with E-state index in [-0.39, 0.29) is 49.7 Å². The van der Waals surface area contributed by atoms with Gasteiger partial charge in [-0.25, -0.2) is 0 Å². The predicted octanol–water partition coefficient (Wildman–Crippen LogP) is 1.60. The molecule has 23 heavy (non-hydrogen) atoms. The lowest BCUT2D eigenvalue weighted by Crippen LogP contribution is -2.35. The molecule has 1 rings (SSSR count). The van der Waals surface area contributed by atoms with Crippen LogP contribution in [0.5, 0.6) is 0 Å². The summed E-state index contributed by atoms with van der Waals surface area (Å²) in [6.07, 6.45) is 0.420. The van der Waals surface area contributed by atoms with E-state index in [4.69, 9.17) is 0 Å². The fourth-order valence-electron chi connectivity index (χ4n) is 1.79. The smallest absolute Gasteiger partial charge is 0.251 e. The molecular weight excluding hydrogens is 362 g/mol. The summed E-state index contributed by atoms with van der Waals surface area (Å²) < 4.78 is 0.898. The van der Waals surface area contributed by atoms with Gasteiger partial charge >= 0.3 is 0 Å². The maximum Gasteiger partial charge on any atom is 0.251 e. The molecule has 0 saturated heterocycles. The lowest BCUT2D eigenvalue weighted by molar-refractivity contribution is -0.122. The van der Waals surface area contributed by atoms with Crippen molar-refractivity contribution < 1.29 is 14.4 Å². The predicted molar refractivity (Wildman–Crippen MR) is 92.0 cm³/mol. The molecule has 0 heterocycles. The summed E-state index contributed by atoms with van der Waals surface area (Å²) in [6.45, 7) is 4.30. The highest BCUT2D eigenvalue weighted by Crippen LogP contribution is 2.10. The molecule has 126 valence electrons. The Morgan fingerprint density at radius 2 is 1.52 bits per heavy atom. The van der Waals surface area contributed by atoms with Gasteiger partial charge in [0, 0.05) is 42.0 Å². The molecule has 0 aliphatic heterocycles. The number of halogens is 1. The highest BCUT2D eigenvalue weighted by Gasteiger charge is 2.07. The van der Waals surface area contributed by atoms with Crippen LogP contribution in [0, 0.1) is 0 Å². The molecule has 0 aliphatic rings. The summed E-state index contributed by atoms with van der Waals surface area (Å²) in [5.74, 6) is -0.510. The van der Waals surface area contributed by atoms with Crippen LogP contribution in [-0.2, 0) is 9.59 Å². The van der Waals surface area contributed by atoms with Crippen molar-refractivity contribution in [1.29, 1.82) is 0 Å². The molecule has 1 aromatic carbocycles. The summed E-state index contributed by atoms with van der Waals surface area (Å²) >= 11 is 3.30. The minimum absolute atomic E-state index is 0.0898. The van der Waals surface area contributed by atoms with Gasteiger partial charge in [-0.2, -0.15) is 0 Å². The van der Waals surface area contributed by atoms with Crippen LogP contribution < -0.4 is 16.0 Å². The third-order valence-electron chi connectivity index (χ3n) is 2.87. The Kier molecular flexibility index (Phi) is 8.32. The topological polar surface area (TPSA) is 87.3 Å². The summed E-state index contributed by atoms with van der Waals surface area (Å²) in [5.41, 5.74) is 0.541. The zero-order chi connectivity index (χ0) is 17.2. The monoisotopic (exact) mass is 383 g/mol. The van der Waals surface area contributed by atoms with E-state index >= 15 is 0 Å². The minimum Gasteiger partial charge on any atom is -0.356 e. The van der Waals surface area contributed by atoms with Crippen LogP contribution in [0.4, 0.5) is 0 Å². The second-order valence-electron chi connectivity index (χ2n) is 5.33. The third-order valence-corrected chi connectivity index (χ3v) is 3.40. The van der Waals surface area contributed by atoms with E-state index in [1.807, 2.05) is 13.8 Å². The zero-order valence-corrected chi connectivity index (χ0v) is 14.9. The molecule has 3 amide bonds. The molecule has 3 N–H and O–H groups in total. The van der Waals surface area contributed by atoms with Gasteiger partial charge in [-0.05, 0) is 38.1 Å². The Bertz CT molecular complexity index is 544. The minimum atomic E-state index is -0.221. The van der Waals surface area contributed by atoms with Gasteiger partial charge in [0.1, 0.15) is 0 Å². The molecule has 1 aromatic rings. The number of hydrogen-bond donors (Lipinski definition) is 3. The highest BCUT2D eigenvalue weighted by molar-refractivity contribution is 9.10. The normalized spacial score (nSPS) is 10.3. The van der Waals surface area contributed by atoms with Crippen molar-refractivity contribution in [2.75, 3.05) is 13.1 Å². The first-order valence-corrected chi connectivity index (χ1v) is 8.27. The van der Waals surface area contributed by atoms with Crippen LogP contribution in [0.3, 0.4) is 0 Å². The number of carbonyl (C=O) groups is 3. The number of nitrogens with one attached hydrogen (secondary N) is 3. The number of rotatable bonds is 8. The molecular formula is C16H22BrN3O3. The number of amides is 3. The molecule has 0 fully saturated rings. The Balaban J connectivity index is 2.17. The molecule has 0 radical (unpaired) electrons. The summed E-state index contributed by atoms with van der Waals surface area (Å²) in [6, 6.07) is 7.06. The quantitative estimate of drug-likeness (QED) is 0.636. The van der Waals surface area contributed by atoms with E-state index in [1.165, 1.54) is 0 Å². The standard InChI is InChI=1S/C16H22BrN3O3/c1-11(2)20-15(22)8-9-18-14(21)7-10-19-16(23)12-3-5-13(17)6-4-12/h3-6,11H,7-10H2,1-2H3,(H,18,21)(H,19,23)(H,20,22). The van der Waals surface area contributed by atoms with Crippen molar-refractivity contribution in [3.8, 4) is 0 Å². The van der Waals surface area contributed by atoms with E-state index in [0.29, 0.717) is 5.56 Å². The molecule has 6 nitrogen and oxygen atoms in total. The molecule has 0 aromatic heterocycles. The van der Waals surface area contributed by atoms with Crippen LogP contribution in [-0.4, -0.2) is 36.9 Å². The van der Waals surface area contributed by atoms with Crippen molar-refractivity contribution in [2.45, 2.75) is 32.7 Å². The van der Waals surface area contributed by atoms with Gasteiger partial charge in [0.05, 0.1) is 0 Å². The third kappa shape index (κ3) is 8.35. The second kappa shape index (κ2) is 9.99. The molecule has 0 spiro atoms. The molecule has 0 atom stereocenters.